The third-order valence-corrected chi connectivity index (χ3v) is 3.38. The fourth-order valence-electron chi connectivity index (χ4n) is 2.08. The van der Waals surface area contributed by atoms with Crippen LogP contribution in [0.5, 0.6) is 11.5 Å². The van der Waals surface area contributed by atoms with Crippen LogP contribution in [0.3, 0.4) is 0 Å². The summed E-state index contributed by atoms with van der Waals surface area (Å²) in [5, 5.41) is 0.650. The van der Waals surface area contributed by atoms with Gasteiger partial charge < -0.3 is 9.47 Å². The molecule has 0 aliphatic heterocycles. The maximum atomic E-state index is 6.29. The Labute approximate surface area is 127 Å². The van der Waals surface area contributed by atoms with Crippen LogP contribution in [0.1, 0.15) is 52.0 Å². The second-order valence-electron chi connectivity index (χ2n) is 4.70. The minimum absolute atomic E-state index is 0.368. The van der Waals surface area contributed by atoms with Crippen molar-refractivity contribution in [1.82, 2.24) is 0 Å². The van der Waals surface area contributed by atoms with E-state index in [-0.39, 0.29) is 0 Å². The Morgan fingerprint density at radius 3 is 2.30 bits per heavy atom. The van der Waals surface area contributed by atoms with E-state index >= 15 is 0 Å². The Kier molecular flexibility index (Phi) is 7.53. The lowest BCUT2D eigenvalue weighted by molar-refractivity contribution is 0.319. The standard InChI is InChI=1S/C17H25ClO2/c1-5-8-9-10-13(4)14-11-15(18)17(20-7-3)12-16(14)19-6-2/h8-9,11-13H,5-7,10H2,1-4H3/b9-8-. The van der Waals surface area contributed by atoms with E-state index in [1.807, 2.05) is 26.0 Å². The third kappa shape index (κ3) is 4.75. The van der Waals surface area contributed by atoms with E-state index in [0.717, 1.165) is 24.2 Å². The molecule has 20 heavy (non-hydrogen) atoms. The zero-order valence-electron chi connectivity index (χ0n) is 12.9. The molecular formula is C17H25ClO2. The van der Waals surface area contributed by atoms with Crippen molar-refractivity contribution in [3.63, 3.8) is 0 Å². The fourth-order valence-corrected chi connectivity index (χ4v) is 2.30. The van der Waals surface area contributed by atoms with Crippen LogP contribution in [0.2, 0.25) is 5.02 Å². The number of benzene rings is 1. The van der Waals surface area contributed by atoms with E-state index in [4.69, 9.17) is 21.1 Å². The summed E-state index contributed by atoms with van der Waals surface area (Å²) in [4.78, 5) is 0. The Morgan fingerprint density at radius 1 is 1.05 bits per heavy atom. The third-order valence-electron chi connectivity index (χ3n) is 3.09. The number of hydrogen-bond acceptors (Lipinski definition) is 2. The average molecular weight is 297 g/mol. The molecule has 0 fully saturated rings. The number of rotatable bonds is 8. The van der Waals surface area contributed by atoms with Crippen molar-refractivity contribution < 1.29 is 9.47 Å². The minimum Gasteiger partial charge on any atom is -0.493 e. The Hall–Kier alpha value is -1.15. The van der Waals surface area contributed by atoms with Gasteiger partial charge in [0.25, 0.3) is 0 Å². The first kappa shape index (κ1) is 16.9. The van der Waals surface area contributed by atoms with Crippen LogP contribution >= 0.6 is 11.6 Å². The van der Waals surface area contributed by atoms with Gasteiger partial charge in [-0.3, -0.25) is 0 Å². The van der Waals surface area contributed by atoms with Gasteiger partial charge in [-0.25, -0.2) is 0 Å². The normalized spacial score (nSPS) is 12.7. The van der Waals surface area contributed by atoms with Crippen molar-refractivity contribution in [2.75, 3.05) is 13.2 Å². The molecule has 0 N–H and O–H groups in total. The summed E-state index contributed by atoms with van der Waals surface area (Å²) in [7, 11) is 0. The van der Waals surface area contributed by atoms with Gasteiger partial charge in [0, 0.05) is 6.07 Å². The van der Waals surface area contributed by atoms with Gasteiger partial charge in [-0.15, -0.1) is 0 Å². The molecule has 112 valence electrons. The fraction of sp³-hybridized carbons (Fsp3) is 0.529. The van der Waals surface area contributed by atoms with Gasteiger partial charge in [0.15, 0.2) is 0 Å². The van der Waals surface area contributed by atoms with Crippen LogP contribution in [-0.2, 0) is 0 Å². The molecule has 1 atom stereocenters. The minimum atomic E-state index is 0.368. The molecule has 0 aliphatic carbocycles. The molecule has 1 rings (SSSR count). The van der Waals surface area contributed by atoms with Crippen LogP contribution in [0, 0.1) is 0 Å². The molecule has 0 amide bonds. The van der Waals surface area contributed by atoms with Gasteiger partial charge >= 0.3 is 0 Å². The number of halogens is 1. The van der Waals surface area contributed by atoms with E-state index in [1.54, 1.807) is 0 Å². The number of allylic oxidation sites excluding steroid dienone is 2. The highest BCUT2D eigenvalue weighted by atomic mass is 35.5. The summed E-state index contributed by atoms with van der Waals surface area (Å²) in [5.74, 6) is 1.93. The molecule has 0 bridgehead atoms. The SMILES string of the molecule is CC/C=C\CC(C)c1cc(Cl)c(OCC)cc1OCC. The van der Waals surface area contributed by atoms with Crippen molar-refractivity contribution in [3.05, 3.63) is 34.9 Å². The predicted octanol–water partition coefficient (Wildman–Crippen LogP) is 5.60. The summed E-state index contributed by atoms with van der Waals surface area (Å²) in [6, 6.07) is 3.88. The Bertz CT molecular complexity index is 441. The zero-order chi connectivity index (χ0) is 15.0. The van der Waals surface area contributed by atoms with Crippen molar-refractivity contribution in [1.29, 1.82) is 0 Å². The second-order valence-corrected chi connectivity index (χ2v) is 5.11. The maximum Gasteiger partial charge on any atom is 0.141 e. The van der Waals surface area contributed by atoms with E-state index in [2.05, 4.69) is 26.0 Å². The van der Waals surface area contributed by atoms with Gasteiger partial charge in [-0.2, -0.15) is 0 Å². The first-order valence-corrected chi connectivity index (χ1v) is 7.75. The average Bonchev–Trinajstić information content (AvgIpc) is 2.43. The van der Waals surface area contributed by atoms with E-state index < -0.39 is 0 Å². The Morgan fingerprint density at radius 2 is 1.70 bits per heavy atom. The lowest BCUT2D eigenvalue weighted by atomic mass is 9.96. The molecule has 1 unspecified atom stereocenters. The van der Waals surface area contributed by atoms with Gasteiger partial charge in [-0.1, -0.05) is 37.6 Å². The first-order chi connectivity index (χ1) is 9.63. The summed E-state index contributed by atoms with van der Waals surface area (Å²) >= 11 is 6.29. The highest BCUT2D eigenvalue weighted by molar-refractivity contribution is 6.32. The quantitative estimate of drug-likeness (QED) is 0.582. The van der Waals surface area contributed by atoms with E-state index in [0.29, 0.717) is 29.9 Å². The molecule has 0 aliphatic rings. The van der Waals surface area contributed by atoms with E-state index in [9.17, 15) is 0 Å². The molecule has 2 nitrogen and oxygen atoms in total. The van der Waals surface area contributed by atoms with Crippen LogP contribution in [0.4, 0.5) is 0 Å². The van der Waals surface area contributed by atoms with Gasteiger partial charge in [0.05, 0.1) is 18.2 Å². The lowest BCUT2D eigenvalue weighted by Gasteiger charge is -2.18. The molecule has 0 aromatic heterocycles. The largest absolute Gasteiger partial charge is 0.493 e. The van der Waals surface area contributed by atoms with Gasteiger partial charge in [0.2, 0.25) is 0 Å². The second kappa shape index (κ2) is 8.91. The van der Waals surface area contributed by atoms with Crippen molar-refractivity contribution in [2.45, 2.75) is 46.5 Å². The van der Waals surface area contributed by atoms with Crippen LogP contribution in [-0.4, -0.2) is 13.2 Å². The summed E-state index contributed by atoms with van der Waals surface area (Å²) in [6.45, 7) is 9.50. The van der Waals surface area contributed by atoms with Crippen LogP contribution < -0.4 is 9.47 Å². The van der Waals surface area contributed by atoms with Gasteiger partial charge in [-0.05, 0) is 44.2 Å². The molecule has 1 aromatic rings. The summed E-state index contributed by atoms with van der Waals surface area (Å²) in [5.41, 5.74) is 1.14. The monoisotopic (exact) mass is 296 g/mol. The maximum absolute atomic E-state index is 6.29. The van der Waals surface area contributed by atoms with Gasteiger partial charge in [0.1, 0.15) is 11.5 Å². The predicted molar refractivity (Wildman–Crippen MR) is 86.3 cm³/mol. The molecule has 0 radical (unpaired) electrons. The molecule has 0 heterocycles. The lowest BCUT2D eigenvalue weighted by Crippen LogP contribution is -2.02. The molecule has 1 aromatic carbocycles. The van der Waals surface area contributed by atoms with Crippen molar-refractivity contribution >= 4 is 11.6 Å². The summed E-state index contributed by atoms with van der Waals surface area (Å²) in [6.07, 6.45) is 6.45. The zero-order valence-corrected chi connectivity index (χ0v) is 13.7. The van der Waals surface area contributed by atoms with Crippen LogP contribution in [0.15, 0.2) is 24.3 Å². The molecule has 0 spiro atoms. The van der Waals surface area contributed by atoms with Crippen molar-refractivity contribution in [2.24, 2.45) is 0 Å². The first-order valence-electron chi connectivity index (χ1n) is 7.37. The Balaban J connectivity index is 3.03. The summed E-state index contributed by atoms with van der Waals surface area (Å²) < 4.78 is 11.3. The highest BCUT2D eigenvalue weighted by Crippen LogP contribution is 2.37. The van der Waals surface area contributed by atoms with E-state index in [1.165, 1.54) is 0 Å². The van der Waals surface area contributed by atoms with Crippen LogP contribution in [0.25, 0.3) is 0 Å². The number of ether oxygens (including phenoxy) is 2. The molecule has 0 saturated heterocycles. The highest BCUT2D eigenvalue weighted by Gasteiger charge is 2.15. The molecule has 0 saturated carbocycles. The smallest absolute Gasteiger partial charge is 0.141 e. The topological polar surface area (TPSA) is 18.5 Å². The molecule has 3 heteroatoms. The molecular weight excluding hydrogens is 272 g/mol. The van der Waals surface area contributed by atoms with Crippen molar-refractivity contribution in [3.8, 4) is 11.5 Å². The number of hydrogen-bond donors (Lipinski definition) is 0.